The van der Waals surface area contributed by atoms with Crippen molar-refractivity contribution >= 4 is 17.6 Å². The molecule has 6 nitrogen and oxygen atoms in total. The number of hydrogen-bond donors (Lipinski definition) is 1. The van der Waals surface area contributed by atoms with Crippen molar-refractivity contribution in [1.82, 2.24) is 0 Å². The molecule has 154 valence electrons. The molecule has 0 heterocycles. The van der Waals surface area contributed by atoms with E-state index in [-0.39, 0.29) is 5.91 Å². The first-order chi connectivity index (χ1) is 14.6. The predicted molar refractivity (Wildman–Crippen MR) is 114 cm³/mol. The van der Waals surface area contributed by atoms with Crippen LogP contribution in [-0.4, -0.2) is 25.1 Å². The third-order valence-corrected chi connectivity index (χ3v) is 4.10. The molecular weight excluding hydrogens is 382 g/mol. The van der Waals surface area contributed by atoms with Crippen molar-refractivity contribution in [2.24, 2.45) is 0 Å². The van der Waals surface area contributed by atoms with Crippen LogP contribution < -0.4 is 19.5 Å². The van der Waals surface area contributed by atoms with E-state index in [0.717, 1.165) is 5.75 Å². The molecule has 0 radical (unpaired) electrons. The van der Waals surface area contributed by atoms with Crippen molar-refractivity contribution in [3.05, 3.63) is 84.4 Å². The molecule has 0 saturated heterocycles. The van der Waals surface area contributed by atoms with E-state index < -0.39 is 5.97 Å². The number of nitrogens with one attached hydrogen (secondary N) is 1. The van der Waals surface area contributed by atoms with Gasteiger partial charge in [0.25, 0.3) is 0 Å². The van der Waals surface area contributed by atoms with Crippen LogP contribution in [0.3, 0.4) is 0 Å². The number of anilines is 1. The molecule has 3 aromatic rings. The monoisotopic (exact) mass is 405 g/mol. The lowest BCUT2D eigenvalue weighted by molar-refractivity contribution is -0.115. The summed E-state index contributed by atoms with van der Waals surface area (Å²) in [4.78, 5) is 23.9. The maximum Gasteiger partial charge on any atom is 0.343 e. The maximum atomic E-state index is 12.4. The summed E-state index contributed by atoms with van der Waals surface area (Å²) in [6.45, 7) is 2.57. The third kappa shape index (κ3) is 6.38. The lowest BCUT2D eigenvalue weighted by Crippen LogP contribution is -2.11. The molecule has 3 aromatic carbocycles. The van der Waals surface area contributed by atoms with Crippen molar-refractivity contribution in [3.63, 3.8) is 0 Å². The van der Waals surface area contributed by atoms with Crippen LogP contribution in [0, 0.1) is 0 Å². The number of para-hydroxylation sites is 1. The van der Waals surface area contributed by atoms with Crippen molar-refractivity contribution in [3.8, 4) is 17.2 Å². The zero-order chi connectivity index (χ0) is 21.2. The Kier molecular flexibility index (Phi) is 7.44. The highest BCUT2D eigenvalue weighted by Crippen LogP contribution is 2.20. The smallest absolute Gasteiger partial charge is 0.343 e. The number of carbonyl (C=O) groups excluding carboxylic acids is 2. The predicted octanol–water partition coefficient (Wildman–Crippen LogP) is 4.71. The number of amides is 1. The largest absolute Gasteiger partial charge is 0.490 e. The van der Waals surface area contributed by atoms with Gasteiger partial charge in [-0.15, -0.1) is 0 Å². The molecule has 1 amide bonds. The van der Waals surface area contributed by atoms with Gasteiger partial charge in [0.05, 0.1) is 5.56 Å². The first-order valence-corrected chi connectivity index (χ1v) is 9.67. The molecule has 6 heteroatoms. The van der Waals surface area contributed by atoms with Crippen LogP contribution in [0.4, 0.5) is 5.69 Å². The molecule has 0 aromatic heterocycles. The number of esters is 1. The molecule has 30 heavy (non-hydrogen) atoms. The fourth-order valence-electron chi connectivity index (χ4n) is 2.58. The molecule has 0 spiro atoms. The average molecular weight is 405 g/mol. The molecule has 1 N–H and O–H groups in total. The fraction of sp³-hybridized carbons (Fsp3) is 0.167. The topological polar surface area (TPSA) is 73.9 Å². The number of hydrogen-bond acceptors (Lipinski definition) is 5. The minimum Gasteiger partial charge on any atom is -0.490 e. The van der Waals surface area contributed by atoms with Gasteiger partial charge in [0.15, 0.2) is 0 Å². The van der Waals surface area contributed by atoms with Gasteiger partial charge in [-0.1, -0.05) is 31.2 Å². The summed E-state index contributed by atoms with van der Waals surface area (Å²) in [6.07, 6.45) is 0.372. The zero-order valence-corrected chi connectivity index (χ0v) is 16.7. The Balaban J connectivity index is 1.49. The van der Waals surface area contributed by atoms with E-state index in [1.807, 2.05) is 30.3 Å². The molecule has 0 aliphatic heterocycles. The molecule has 0 bridgehead atoms. The van der Waals surface area contributed by atoms with Crippen molar-refractivity contribution in [2.75, 3.05) is 18.5 Å². The van der Waals surface area contributed by atoms with Crippen molar-refractivity contribution in [2.45, 2.75) is 13.3 Å². The SMILES string of the molecule is CCC(=O)Nc1cccc(OC(=O)c2ccc(OCCOc3ccccc3)cc2)c1. The molecule has 0 saturated carbocycles. The second kappa shape index (κ2) is 10.7. The Labute approximate surface area is 175 Å². The highest BCUT2D eigenvalue weighted by Gasteiger charge is 2.10. The van der Waals surface area contributed by atoms with Crippen LogP contribution in [0.5, 0.6) is 17.2 Å². The quantitative estimate of drug-likeness (QED) is 0.317. The Morgan fingerprint density at radius 1 is 0.767 bits per heavy atom. The summed E-state index contributed by atoms with van der Waals surface area (Å²) in [6, 6.07) is 22.9. The Bertz CT molecular complexity index is 970. The normalized spacial score (nSPS) is 10.2. The van der Waals surface area contributed by atoms with E-state index in [9.17, 15) is 9.59 Å². The number of rotatable bonds is 9. The summed E-state index contributed by atoms with van der Waals surface area (Å²) >= 11 is 0. The van der Waals surface area contributed by atoms with E-state index in [1.165, 1.54) is 0 Å². The summed E-state index contributed by atoms with van der Waals surface area (Å²) in [5.74, 6) is 1.17. The van der Waals surface area contributed by atoms with Gasteiger partial charge in [0, 0.05) is 18.2 Å². The first-order valence-electron chi connectivity index (χ1n) is 9.67. The van der Waals surface area contributed by atoms with Crippen molar-refractivity contribution < 1.29 is 23.8 Å². The lowest BCUT2D eigenvalue weighted by atomic mass is 10.2. The van der Waals surface area contributed by atoms with Crippen molar-refractivity contribution in [1.29, 1.82) is 0 Å². The summed E-state index contributed by atoms with van der Waals surface area (Å²) in [7, 11) is 0. The minimum atomic E-state index is -0.493. The Morgan fingerprint density at radius 3 is 2.07 bits per heavy atom. The molecular formula is C24H23NO5. The second-order valence-electron chi connectivity index (χ2n) is 6.35. The van der Waals surface area contributed by atoms with Gasteiger partial charge in [0.2, 0.25) is 5.91 Å². The molecule has 0 fully saturated rings. The molecule has 0 aliphatic rings. The van der Waals surface area contributed by atoms with Gasteiger partial charge in [-0.3, -0.25) is 4.79 Å². The van der Waals surface area contributed by atoms with Crippen LogP contribution in [-0.2, 0) is 4.79 Å². The first kappa shape index (κ1) is 20.9. The van der Waals surface area contributed by atoms with Gasteiger partial charge >= 0.3 is 5.97 Å². The van der Waals surface area contributed by atoms with Gasteiger partial charge in [-0.25, -0.2) is 4.79 Å². The van der Waals surface area contributed by atoms with E-state index in [4.69, 9.17) is 14.2 Å². The van der Waals surface area contributed by atoms with Gasteiger partial charge < -0.3 is 19.5 Å². The van der Waals surface area contributed by atoms with E-state index in [0.29, 0.717) is 42.4 Å². The average Bonchev–Trinajstić information content (AvgIpc) is 2.78. The summed E-state index contributed by atoms with van der Waals surface area (Å²) < 4.78 is 16.6. The molecule has 0 unspecified atom stereocenters. The van der Waals surface area contributed by atoms with Crippen LogP contribution >= 0.6 is 0 Å². The molecule has 3 rings (SSSR count). The molecule has 0 atom stereocenters. The lowest BCUT2D eigenvalue weighted by Gasteiger charge is -2.09. The minimum absolute atomic E-state index is 0.108. The standard InChI is InChI=1S/C24H23NO5/c1-2-23(26)25-19-7-6-10-22(17-19)30-24(27)18-11-13-21(14-12-18)29-16-15-28-20-8-4-3-5-9-20/h3-14,17H,2,15-16H2,1H3,(H,25,26). The number of ether oxygens (including phenoxy) is 3. The fourth-order valence-corrected chi connectivity index (χ4v) is 2.58. The number of benzene rings is 3. The maximum absolute atomic E-state index is 12.4. The number of carbonyl (C=O) groups is 2. The van der Waals surface area contributed by atoms with Crippen LogP contribution in [0.15, 0.2) is 78.9 Å². The Hall–Kier alpha value is -3.80. The van der Waals surface area contributed by atoms with Crippen LogP contribution in [0.25, 0.3) is 0 Å². The van der Waals surface area contributed by atoms with Gasteiger partial charge in [-0.05, 0) is 48.5 Å². The van der Waals surface area contributed by atoms with Crippen LogP contribution in [0.1, 0.15) is 23.7 Å². The van der Waals surface area contributed by atoms with E-state index >= 15 is 0 Å². The molecule has 0 aliphatic carbocycles. The van der Waals surface area contributed by atoms with Crippen LogP contribution in [0.2, 0.25) is 0 Å². The second-order valence-corrected chi connectivity index (χ2v) is 6.35. The highest BCUT2D eigenvalue weighted by molar-refractivity contribution is 5.92. The van der Waals surface area contributed by atoms with E-state index in [2.05, 4.69) is 5.32 Å². The third-order valence-electron chi connectivity index (χ3n) is 4.10. The van der Waals surface area contributed by atoms with Gasteiger partial charge in [-0.2, -0.15) is 0 Å². The summed E-state index contributed by atoms with van der Waals surface area (Å²) in [5.41, 5.74) is 0.972. The zero-order valence-electron chi connectivity index (χ0n) is 16.7. The highest BCUT2D eigenvalue weighted by atomic mass is 16.5. The Morgan fingerprint density at radius 2 is 1.40 bits per heavy atom. The summed E-state index contributed by atoms with van der Waals surface area (Å²) in [5, 5.41) is 2.73. The van der Waals surface area contributed by atoms with E-state index in [1.54, 1.807) is 55.5 Å². The van der Waals surface area contributed by atoms with Gasteiger partial charge in [0.1, 0.15) is 30.5 Å².